The molecule has 0 unspecified atom stereocenters. The van der Waals surface area contributed by atoms with E-state index < -0.39 is 10.0 Å². The van der Waals surface area contributed by atoms with Crippen LogP contribution in [-0.4, -0.2) is 52.7 Å². The van der Waals surface area contributed by atoms with Gasteiger partial charge in [-0.1, -0.05) is 0 Å². The highest BCUT2D eigenvalue weighted by Gasteiger charge is 2.21. The maximum Gasteiger partial charge on any atom is 0.262 e. The first-order chi connectivity index (χ1) is 13.0. The molecule has 1 fully saturated rings. The number of ether oxygens (including phenoxy) is 2. The SMILES string of the molecule is O=CN1CCN(c2ccc(NS(=O)(=O)c3ccc4c(c3)OCO4)cc2)CC1. The molecule has 0 spiro atoms. The second-order valence-corrected chi connectivity index (χ2v) is 7.98. The topological polar surface area (TPSA) is 88.2 Å². The third-order valence-electron chi connectivity index (χ3n) is 4.60. The van der Waals surface area contributed by atoms with Gasteiger partial charge in [0.25, 0.3) is 10.0 Å². The van der Waals surface area contributed by atoms with Gasteiger partial charge in [0.05, 0.1) is 4.90 Å². The fourth-order valence-electron chi connectivity index (χ4n) is 3.08. The lowest BCUT2D eigenvalue weighted by Crippen LogP contribution is -2.45. The van der Waals surface area contributed by atoms with Gasteiger partial charge in [-0.05, 0) is 36.4 Å². The lowest BCUT2D eigenvalue weighted by molar-refractivity contribution is -0.118. The highest BCUT2D eigenvalue weighted by Crippen LogP contribution is 2.34. The van der Waals surface area contributed by atoms with Crippen molar-refractivity contribution in [3.05, 3.63) is 42.5 Å². The molecule has 0 atom stereocenters. The predicted molar refractivity (Wildman–Crippen MR) is 99.7 cm³/mol. The van der Waals surface area contributed by atoms with Crippen LogP contribution in [0.2, 0.25) is 0 Å². The summed E-state index contributed by atoms with van der Waals surface area (Å²) in [4.78, 5) is 14.8. The summed E-state index contributed by atoms with van der Waals surface area (Å²) in [7, 11) is -3.73. The lowest BCUT2D eigenvalue weighted by atomic mass is 10.2. The van der Waals surface area contributed by atoms with Crippen molar-refractivity contribution in [1.82, 2.24) is 4.90 Å². The molecular weight excluding hydrogens is 370 g/mol. The zero-order valence-corrected chi connectivity index (χ0v) is 15.3. The smallest absolute Gasteiger partial charge is 0.262 e. The monoisotopic (exact) mass is 389 g/mol. The van der Waals surface area contributed by atoms with Crippen LogP contribution in [0.25, 0.3) is 0 Å². The van der Waals surface area contributed by atoms with Gasteiger partial charge in [0.1, 0.15) is 0 Å². The van der Waals surface area contributed by atoms with Crippen LogP contribution >= 0.6 is 0 Å². The summed E-state index contributed by atoms with van der Waals surface area (Å²) < 4.78 is 38.2. The molecule has 1 N–H and O–H groups in total. The first-order valence-corrected chi connectivity index (χ1v) is 10.0. The molecule has 2 aromatic rings. The van der Waals surface area contributed by atoms with Gasteiger partial charge in [0.15, 0.2) is 11.5 Å². The average Bonchev–Trinajstić information content (AvgIpc) is 3.16. The third kappa shape index (κ3) is 3.63. The summed E-state index contributed by atoms with van der Waals surface area (Å²) in [6.07, 6.45) is 0.866. The highest BCUT2D eigenvalue weighted by molar-refractivity contribution is 7.92. The third-order valence-corrected chi connectivity index (χ3v) is 5.98. The Labute approximate surface area is 157 Å². The summed E-state index contributed by atoms with van der Waals surface area (Å²) in [5.74, 6) is 0.954. The van der Waals surface area contributed by atoms with Crippen molar-refractivity contribution < 1.29 is 22.7 Å². The molecular formula is C18H19N3O5S. The van der Waals surface area contributed by atoms with E-state index in [0.717, 1.165) is 25.2 Å². The Balaban J connectivity index is 1.45. The first kappa shape index (κ1) is 17.5. The number of benzene rings is 2. The van der Waals surface area contributed by atoms with Crippen molar-refractivity contribution in [3.63, 3.8) is 0 Å². The second-order valence-electron chi connectivity index (χ2n) is 6.30. The molecule has 2 aromatic carbocycles. The predicted octanol–water partition coefficient (Wildman–Crippen LogP) is 1.49. The molecule has 4 rings (SSSR count). The Morgan fingerprint density at radius 2 is 1.63 bits per heavy atom. The van der Waals surface area contributed by atoms with E-state index in [-0.39, 0.29) is 11.7 Å². The minimum atomic E-state index is -3.73. The van der Waals surface area contributed by atoms with Crippen LogP contribution in [0.3, 0.4) is 0 Å². The summed E-state index contributed by atoms with van der Waals surface area (Å²) in [6, 6.07) is 11.7. The Hall–Kier alpha value is -2.94. The average molecular weight is 389 g/mol. The number of rotatable bonds is 5. The van der Waals surface area contributed by atoms with E-state index in [4.69, 9.17) is 9.47 Å². The molecule has 1 saturated heterocycles. The van der Waals surface area contributed by atoms with Gasteiger partial charge in [0, 0.05) is 43.6 Å². The number of anilines is 2. The van der Waals surface area contributed by atoms with E-state index in [1.54, 1.807) is 23.1 Å². The van der Waals surface area contributed by atoms with Gasteiger partial charge < -0.3 is 19.3 Å². The fourth-order valence-corrected chi connectivity index (χ4v) is 4.16. The minimum Gasteiger partial charge on any atom is -0.454 e. The van der Waals surface area contributed by atoms with Crippen molar-refractivity contribution in [2.24, 2.45) is 0 Å². The van der Waals surface area contributed by atoms with Crippen molar-refractivity contribution >= 4 is 27.8 Å². The number of nitrogens with zero attached hydrogens (tertiary/aromatic N) is 2. The molecule has 0 aliphatic carbocycles. The molecule has 2 aliphatic heterocycles. The summed E-state index contributed by atoms with van der Waals surface area (Å²) >= 11 is 0. The lowest BCUT2D eigenvalue weighted by Gasteiger charge is -2.34. The van der Waals surface area contributed by atoms with E-state index in [1.165, 1.54) is 12.1 Å². The Morgan fingerprint density at radius 3 is 2.33 bits per heavy atom. The molecule has 2 heterocycles. The summed E-state index contributed by atoms with van der Waals surface area (Å²) in [5, 5.41) is 0. The molecule has 142 valence electrons. The zero-order valence-electron chi connectivity index (χ0n) is 14.5. The summed E-state index contributed by atoms with van der Waals surface area (Å²) in [5.41, 5.74) is 1.47. The maximum atomic E-state index is 12.6. The van der Waals surface area contributed by atoms with E-state index in [0.29, 0.717) is 30.3 Å². The van der Waals surface area contributed by atoms with Crippen LogP contribution in [0.5, 0.6) is 11.5 Å². The number of carbonyl (C=O) groups excluding carboxylic acids is 1. The number of piperazine rings is 1. The van der Waals surface area contributed by atoms with Crippen molar-refractivity contribution in [3.8, 4) is 11.5 Å². The molecule has 8 nitrogen and oxygen atoms in total. The molecule has 0 bridgehead atoms. The van der Waals surface area contributed by atoms with Crippen LogP contribution < -0.4 is 19.1 Å². The van der Waals surface area contributed by atoms with Gasteiger partial charge >= 0.3 is 0 Å². The Kier molecular flexibility index (Phi) is 4.53. The molecule has 0 radical (unpaired) electrons. The fraction of sp³-hybridized carbons (Fsp3) is 0.278. The standard InChI is InChI=1S/C18H19N3O5S/c22-12-20-7-9-21(10-8-20)15-3-1-14(2-4-15)19-27(23,24)16-5-6-17-18(11-16)26-13-25-17/h1-6,11-12,19H,7-10,13H2. The van der Waals surface area contributed by atoms with Crippen LogP contribution in [-0.2, 0) is 14.8 Å². The highest BCUT2D eigenvalue weighted by atomic mass is 32.2. The van der Waals surface area contributed by atoms with Crippen LogP contribution in [0.1, 0.15) is 0 Å². The van der Waals surface area contributed by atoms with Gasteiger partial charge in [-0.15, -0.1) is 0 Å². The molecule has 9 heteroatoms. The first-order valence-electron chi connectivity index (χ1n) is 8.52. The van der Waals surface area contributed by atoms with Gasteiger partial charge in [-0.2, -0.15) is 0 Å². The van der Waals surface area contributed by atoms with Crippen molar-refractivity contribution in [1.29, 1.82) is 0 Å². The van der Waals surface area contributed by atoms with Crippen molar-refractivity contribution in [2.75, 3.05) is 42.6 Å². The molecule has 27 heavy (non-hydrogen) atoms. The van der Waals surface area contributed by atoms with Crippen LogP contribution in [0.4, 0.5) is 11.4 Å². The molecule has 0 saturated carbocycles. The molecule has 0 aromatic heterocycles. The van der Waals surface area contributed by atoms with E-state index >= 15 is 0 Å². The van der Waals surface area contributed by atoms with Crippen molar-refractivity contribution in [2.45, 2.75) is 4.90 Å². The Bertz CT molecular complexity index is 938. The van der Waals surface area contributed by atoms with Gasteiger partial charge in [0.2, 0.25) is 13.2 Å². The number of amides is 1. The maximum absolute atomic E-state index is 12.6. The largest absolute Gasteiger partial charge is 0.454 e. The Morgan fingerprint density at radius 1 is 0.926 bits per heavy atom. The number of nitrogens with one attached hydrogen (secondary N) is 1. The van der Waals surface area contributed by atoms with E-state index in [2.05, 4.69) is 9.62 Å². The van der Waals surface area contributed by atoms with Gasteiger partial charge in [-0.3, -0.25) is 9.52 Å². The van der Waals surface area contributed by atoms with Crippen LogP contribution in [0.15, 0.2) is 47.4 Å². The van der Waals surface area contributed by atoms with Crippen LogP contribution in [0, 0.1) is 0 Å². The number of sulfonamides is 1. The quantitative estimate of drug-likeness (QED) is 0.780. The minimum absolute atomic E-state index is 0.0921. The number of carbonyl (C=O) groups is 1. The molecule has 1 amide bonds. The van der Waals surface area contributed by atoms with E-state index in [9.17, 15) is 13.2 Å². The van der Waals surface area contributed by atoms with E-state index in [1.807, 2.05) is 12.1 Å². The normalized spacial score (nSPS) is 16.3. The zero-order chi connectivity index (χ0) is 18.9. The number of fused-ring (bicyclic) bond motifs is 1. The molecule has 2 aliphatic rings. The summed E-state index contributed by atoms with van der Waals surface area (Å²) in [6.45, 7) is 2.96. The number of hydrogen-bond donors (Lipinski definition) is 1. The second kappa shape index (κ2) is 6.99. The van der Waals surface area contributed by atoms with Gasteiger partial charge in [-0.25, -0.2) is 8.42 Å². The number of hydrogen-bond acceptors (Lipinski definition) is 6.